The van der Waals surface area contributed by atoms with Crippen LogP contribution in [0, 0.1) is 0 Å². The van der Waals surface area contributed by atoms with Crippen LogP contribution in [0.25, 0.3) is 0 Å². The van der Waals surface area contributed by atoms with E-state index in [0.29, 0.717) is 17.9 Å². The molecule has 2 aromatic rings. The molecule has 0 aliphatic rings. The van der Waals surface area contributed by atoms with Crippen LogP contribution < -0.4 is 10.6 Å². The van der Waals surface area contributed by atoms with Crippen LogP contribution in [-0.4, -0.2) is 18.6 Å². The Morgan fingerprint density at radius 2 is 1.62 bits per heavy atom. The molecule has 0 heterocycles. The molecule has 29 heavy (non-hydrogen) atoms. The minimum absolute atomic E-state index is 0.0144. The fourth-order valence-corrected chi connectivity index (χ4v) is 2.53. The van der Waals surface area contributed by atoms with Crippen LogP contribution in [0.5, 0.6) is 0 Å². The van der Waals surface area contributed by atoms with Crippen molar-refractivity contribution in [3.8, 4) is 0 Å². The number of hydrogen-bond donors (Lipinski definition) is 2. The van der Waals surface area contributed by atoms with Gasteiger partial charge in [0.2, 0.25) is 0 Å². The number of nitrogens with one attached hydrogen (secondary N) is 2. The molecule has 0 saturated heterocycles. The van der Waals surface area contributed by atoms with Gasteiger partial charge in [0.1, 0.15) is 0 Å². The number of ether oxygens (including phenoxy) is 1. The Bertz CT molecular complexity index is 821. The topological polar surface area (TPSA) is 67.4 Å². The molecule has 0 saturated carbocycles. The lowest BCUT2D eigenvalue weighted by molar-refractivity contribution is -0.137. The zero-order valence-corrected chi connectivity index (χ0v) is 16.0. The zero-order valence-electron chi connectivity index (χ0n) is 16.0. The summed E-state index contributed by atoms with van der Waals surface area (Å²) < 4.78 is 43.3. The van der Waals surface area contributed by atoms with Gasteiger partial charge in [0, 0.05) is 11.4 Å². The highest BCUT2D eigenvalue weighted by molar-refractivity contribution is 6.00. The first-order valence-electron chi connectivity index (χ1n) is 9.32. The molecule has 0 aliphatic carbocycles. The quantitative estimate of drug-likeness (QED) is 0.410. The molecular weight excluding hydrogens is 385 g/mol. The lowest BCUT2D eigenvalue weighted by Crippen LogP contribution is -2.20. The number of urea groups is 1. The summed E-state index contributed by atoms with van der Waals surface area (Å²) in [5, 5.41) is 4.84. The minimum Gasteiger partial charge on any atom is -0.462 e. The molecule has 0 radical (unpaired) electrons. The summed E-state index contributed by atoms with van der Waals surface area (Å²) in [6.07, 6.45) is -0.471. The van der Waals surface area contributed by atoms with Crippen LogP contribution in [0.4, 0.5) is 29.3 Å². The molecule has 5 nitrogen and oxygen atoms in total. The van der Waals surface area contributed by atoms with Crippen LogP contribution in [0.15, 0.2) is 48.5 Å². The Labute approximate surface area is 167 Å². The Morgan fingerprint density at radius 3 is 2.28 bits per heavy atom. The Morgan fingerprint density at radius 1 is 0.931 bits per heavy atom. The fourth-order valence-electron chi connectivity index (χ4n) is 2.53. The summed E-state index contributed by atoms with van der Waals surface area (Å²) in [5.41, 5.74) is -0.105. The summed E-state index contributed by atoms with van der Waals surface area (Å²) >= 11 is 0. The van der Waals surface area contributed by atoms with E-state index in [4.69, 9.17) is 4.74 Å². The van der Waals surface area contributed by atoms with Crippen molar-refractivity contribution in [1.82, 2.24) is 0 Å². The summed E-state index contributed by atoms with van der Waals surface area (Å²) in [6, 6.07) is 9.68. The first-order chi connectivity index (χ1) is 13.8. The molecular formula is C21H23F3N2O3. The van der Waals surface area contributed by atoms with E-state index in [9.17, 15) is 22.8 Å². The van der Waals surface area contributed by atoms with Crippen LogP contribution >= 0.6 is 0 Å². The van der Waals surface area contributed by atoms with Gasteiger partial charge in [-0.3, -0.25) is 0 Å². The van der Waals surface area contributed by atoms with E-state index in [1.165, 1.54) is 36.4 Å². The second-order valence-electron chi connectivity index (χ2n) is 6.43. The van der Waals surface area contributed by atoms with Crippen LogP contribution in [0.2, 0.25) is 0 Å². The SMILES string of the molecule is CCCCCCOC(=O)c1ccc(NC(=O)Nc2cccc(C(F)(F)F)c2)cc1. The largest absolute Gasteiger partial charge is 0.462 e. The van der Waals surface area contributed by atoms with Gasteiger partial charge in [-0.1, -0.05) is 32.3 Å². The lowest BCUT2D eigenvalue weighted by Gasteiger charge is -2.11. The number of alkyl halides is 3. The van der Waals surface area contributed by atoms with Gasteiger partial charge in [0.15, 0.2) is 0 Å². The smallest absolute Gasteiger partial charge is 0.416 e. The van der Waals surface area contributed by atoms with Gasteiger partial charge in [-0.05, 0) is 48.9 Å². The van der Waals surface area contributed by atoms with Gasteiger partial charge in [-0.15, -0.1) is 0 Å². The highest BCUT2D eigenvalue weighted by atomic mass is 19.4. The third-order valence-corrected chi connectivity index (χ3v) is 4.06. The predicted octanol–water partition coefficient (Wildman–Crippen LogP) is 6.09. The number of benzene rings is 2. The molecule has 0 aliphatic heterocycles. The third kappa shape index (κ3) is 7.48. The normalized spacial score (nSPS) is 11.0. The standard InChI is InChI=1S/C21H23F3N2O3/c1-2-3-4-5-13-29-19(27)15-9-11-17(12-10-15)25-20(28)26-18-8-6-7-16(14-18)21(22,23)24/h6-12,14H,2-5,13H2,1H3,(H2,25,26,28). The zero-order chi connectivity index (χ0) is 21.3. The maximum absolute atomic E-state index is 12.7. The van der Waals surface area contributed by atoms with Crippen molar-refractivity contribution in [1.29, 1.82) is 0 Å². The summed E-state index contributed by atoms with van der Waals surface area (Å²) in [7, 11) is 0. The number of unbranched alkanes of at least 4 members (excludes halogenated alkanes) is 3. The van der Waals surface area contributed by atoms with E-state index in [2.05, 4.69) is 17.6 Å². The van der Waals surface area contributed by atoms with Gasteiger partial charge in [0.25, 0.3) is 0 Å². The lowest BCUT2D eigenvalue weighted by atomic mass is 10.2. The molecule has 2 rings (SSSR count). The number of amides is 2. The number of halogens is 3. The number of hydrogen-bond acceptors (Lipinski definition) is 3. The minimum atomic E-state index is -4.49. The number of anilines is 2. The van der Waals surface area contributed by atoms with Gasteiger partial charge >= 0.3 is 18.2 Å². The third-order valence-electron chi connectivity index (χ3n) is 4.06. The van der Waals surface area contributed by atoms with Crippen LogP contribution in [0.3, 0.4) is 0 Å². The van der Waals surface area contributed by atoms with E-state index in [0.717, 1.165) is 37.8 Å². The van der Waals surface area contributed by atoms with Crippen molar-refractivity contribution in [3.05, 3.63) is 59.7 Å². The molecule has 0 fully saturated rings. The van der Waals surface area contributed by atoms with E-state index in [-0.39, 0.29) is 5.69 Å². The predicted molar refractivity (Wildman–Crippen MR) is 105 cm³/mol. The molecule has 0 atom stereocenters. The molecule has 2 N–H and O–H groups in total. The molecule has 0 spiro atoms. The summed E-state index contributed by atoms with van der Waals surface area (Å²) in [4.78, 5) is 23.9. The van der Waals surface area contributed by atoms with Gasteiger partial charge in [-0.25, -0.2) is 9.59 Å². The van der Waals surface area contributed by atoms with Crippen LogP contribution in [-0.2, 0) is 10.9 Å². The van der Waals surface area contributed by atoms with Crippen molar-refractivity contribution in [3.63, 3.8) is 0 Å². The number of rotatable bonds is 8. The Balaban J connectivity index is 1.86. The molecule has 2 amide bonds. The maximum atomic E-state index is 12.7. The van der Waals surface area contributed by atoms with Crippen molar-refractivity contribution in [2.75, 3.05) is 17.2 Å². The molecule has 2 aromatic carbocycles. The summed E-state index contributed by atoms with van der Waals surface area (Å²) in [5.74, 6) is -0.443. The highest BCUT2D eigenvalue weighted by Gasteiger charge is 2.30. The van der Waals surface area contributed by atoms with Crippen molar-refractivity contribution in [2.45, 2.75) is 38.8 Å². The second kappa shape index (κ2) is 10.5. The first kappa shape index (κ1) is 22.3. The fraction of sp³-hybridized carbons (Fsp3) is 0.333. The Kier molecular flexibility index (Phi) is 8.06. The molecule has 8 heteroatoms. The van der Waals surface area contributed by atoms with Gasteiger partial charge in [0.05, 0.1) is 17.7 Å². The molecule has 0 unspecified atom stereocenters. The first-order valence-corrected chi connectivity index (χ1v) is 9.32. The average Bonchev–Trinajstić information content (AvgIpc) is 2.67. The van der Waals surface area contributed by atoms with Gasteiger partial charge in [-0.2, -0.15) is 13.2 Å². The van der Waals surface area contributed by atoms with Crippen LogP contribution in [0.1, 0.15) is 48.5 Å². The summed E-state index contributed by atoms with van der Waals surface area (Å²) in [6.45, 7) is 2.46. The van der Waals surface area contributed by atoms with E-state index >= 15 is 0 Å². The van der Waals surface area contributed by atoms with Crippen molar-refractivity contribution < 1.29 is 27.5 Å². The number of esters is 1. The monoisotopic (exact) mass is 408 g/mol. The van der Waals surface area contributed by atoms with E-state index in [1.54, 1.807) is 0 Å². The van der Waals surface area contributed by atoms with Gasteiger partial charge < -0.3 is 15.4 Å². The second-order valence-corrected chi connectivity index (χ2v) is 6.43. The number of carbonyl (C=O) groups excluding carboxylic acids is 2. The van der Waals surface area contributed by atoms with E-state index < -0.39 is 23.7 Å². The van der Waals surface area contributed by atoms with Crippen molar-refractivity contribution >= 4 is 23.4 Å². The Hall–Kier alpha value is -3.03. The van der Waals surface area contributed by atoms with E-state index in [1.807, 2.05) is 0 Å². The average molecular weight is 408 g/mol. The molecule has 0 bridgehead atoms. The highest BCUT2D eigenvalue weighted by Crippen LogP contribution is 2.30. The molecule has 0 aromatic heterocycles. The number of carbonyl (C=O) groups is 2. The maximum Gasteiger partial charge on any atom is 0.416 e. The molecule has 156 valence electrons. The van der Waals surface area contributed by atoms with Crippen molar-refractivity contribution in [2.24, 2.45) is 0 Å².